The highest BCUT2D eigenvalue weighted by atomic mass is 35.5. The van der Waals surface area contributed by atoms with Crippen LogP contribution in [-0.2, 0) is 17.9 Å². The molecule has 0 aliphatic heterocycles. The summed E-state index contributed by atoms with van der Waals surface area (Å²) in [5.74, 6) is 0.902. The molecule has 2 N–H and O–H groups in total. The molecule has 4 rings (SSSR count). The smallest absolute Gasteiger partial charge is 0.234 e. The molecule has 0 saturated heterocycles. The third-order valence-corrected chi connectivity index (χ3v) is 7.13. The molecule has 2 heterocycles. The molecule has 0 spiro atoms. The molecule has 1 amide bonds. The number of carbonyl (C=O) groups excluding carboxylic acids is 1. The minimum absolute atomic E-state index is 0.119. The fourth-order valence-electron chi connectivity index (χ4n) is 3.18. The molecule has 2 aromatic carbocycles. The third-order valence-electron chi connectivity index (χ3n) is 4.96. The zero-order valence-corrected chi connectivity index (χ0v) is 20.6. The Morgan fingerprint density at radius 3 is 2.76 bits per heavy atom. The van der Waals surface area contributed by atoms with Crippen LogP contribution in [0.5, 0.6) is 0 Å². The summed E-state index contributed by atoms with van der Waals surface area (Å²) in [5.41, 5.74) is 3.59. The van der Waals surface area contributed by atoms with Gasteiger partial charge >= 0.3 is 0 Å². The molecule has 170 valence electrons. The zero-order chi connectivity index (χ0) is 23.2. The second kappa shape index (κ2) is 10.8. The summed E-state index contributed by atoms with van der Waals surface area (Å²) in [6, 6.07) is 15.5. The van der Waals surface area contributed by atoms with Crippen LogP contribution in [0.1, 0.15) is 18.3 Å². The number of hydrogen-bond donors (Lipinski definition) is 2. The van der Waals surface area contributed by atoms with Crippen LogP contribution in [-0.4, -0.2) is 31.4 Å². The van der Waals surface area contributed by atoms with Crippen molar-refractivity contribution in [1.82, 2.24) is 19.7 Å². The lowest BCUT2D eigenvalue weighted by molar-refractivity contribution is -0.113. The minimum Gasteiger partial charge on any atom is -0.354 e. The Morgan fingerprint density at radius 2 is 1.97 bits per heavy atom. The van der Waals surface area contributed by atoms with E-state index in [1.807, 2.05) is 66.3 Å². The van der Waals surface area contributed by atoms with E-state index in [4.69, 9.17) is 11.6 Å². The average Bonchev–Trinajstić information content (AvgIpc) is 3.46. The van der Waals surface area contributed by atoms with E-state index < -0.39 is 0 Å². The number of thioether (sulfide) groups is 1. The summed E-state index contributed by atoms with van der Waals surface area (Å²) >= 11 is 9.04. The van der Waals surface area contributed by atoms with Gasteiger partial charge in [-0.05, 0) is 31.5 Å². The molecule has 0 unspecified atom stereocenters. The summed E-state index contributed by atoms with van der Waals surface area (Å²) in [6.45, 7) is 5.11. The molecule has 2 aromatic heterocycles. The van der Waals surface area contributed by atoms with E-state index in [0.717, 1.165) is 27.8 Å². The van der Waals surface area contributed by atoms with Gasteiger partial charge in [0.2, 0.25) is 5.91 Å². The summed E-state index contributed by atoms with van der Waals surface area (Å²) < 4.78 is 2.00. The molecular weight excluding hydrogens is 476 g/mol. The van der Waals surface area contributed by atoms with Crippen molar-refractivity contribution in [2.24, 2.45) is 0 Å². The Bertz CT molecular complexity index is 1240. The van der Waals surface area contributed by atoms with E-state index in [1.165, 1.54) is 11.8 Å². The third kappa shape index (κ3) is 5.73. The maximum atomic E-state index is 12.4. The lowest BCUT2D eigenvalue weighted by atomic mass is 10.2. The van der Waals surface area contributed by atoms with Crippen molar-refractivity contribution in [3.05, 3.63) is 70.3 Å². The Labute approximate surface area is 205 Å². The lowest BCUT2D eigenvalue weighted by Crippen LogP contribution is -2.15. The number of nitrogens with one attached hydrogen (secondary N) is 2. The normalized spacial score (nSPS) is 10.9. The number of benzene rings is 2. The number of amides is 1. The molecule has 0 bridgehead atoms. The van der Waals surface area contributed by atoms with Crippen molar-refractivity contribution in [3.63, 3.8) is 0 Å². The Hall–Kier alpha value is -2.88. The van der Waals surface area contributed by atoms with Crippen molar-refractivity contribution in [1.29, 1.82) is 0 Å². The molecule has 0 fully saturated rings. The van der Waals surface area contributed by atoms with Gasteiger partial charge in [-0.25, -0.2) is 4.98 Å². The van der Waals surface area contributed by atoms with Crippen molar-refractivity contribution in [2.45, 2.75) is 32.1 Å². The summed E-state index contributed by atoms with van der Waals surface area (Å²) in [5, 5.41) is 19.0. The number of aromatic nitrogens is 4. The van der Waals surface area contributed by atoms with Gasteiger partial charge in [0.05, 0.1) is 18.0 Å². The average molecular weight is 499 g/mol. The predicted molar refractivity (Wildman–Crippen MR) is 136 cm³/mol. The fraction of sp³-hybridized carbons (Fsp3) is 0.217. The van der Waals surface area contributed by atoms with Gasteiger partial charge in [-0.3, -0.25) is 4.79 Å². The molecule has 0 atom stereocenters. The summed E-state index contributed by atoms with van der Waals surface area (Å²) in [4.78, 5) is 17.1. The van der Waals surface area contributed by atoms with Crippen LogP contribution < -0.4 is 10.6 Å². The minimum atomic E-state index is -0.119. The number of halogens is 1. The number of hydrogen-bond acceptors (Lipinski definition) is 7. The van der Waals surface area contributed by atoms with Crippen molar-refractivity contribution in [2.75, 3.05) is 16.4 Å². The van der Waals surface area contributed by atoms with Gasteiger partial charge in [-0.1, -0.05) is 59.8 Å². The largest absolute Gasteiger partial charge is 0.354 e. The predicted octanol–water partition coefficient (Wildman–Crippen LogP) is 5.73. The topological polar surface area (TPSA) is 84.7 Å². The first-order valence-electron chi connectivity index (χ1n) is 10.4. The monoisotopic (exact) mass is 498 g/mol. The van der Waals surface area contributed by atoms with Gasteiger partial charge in [0.25, 0.3) is 0 Å². The molecule has 0 saturated carbocycles. The van der Waals surface area contributed by atoms with Crippen molar-refractivity contribution in [3.8, 4) is 11.3 Å². The highest BCUT2D eigenvalue weighted by Gasteiger charge is 2.14. The van der Waals surface area contributed by atoms with E-state index >= 15 is 0 Å². The second-order valence-corrected chi connectivity index (χ2v) is 9.36. The highest BCUT2D eigenvalue weighted by molar-refractivity contribution is 7.99. The number of anilines is 2. The van der Waals surface area contributed by atoms with Gasteiger partial charge in [-0.2, -0.15) is 0 Å². The summed E-state index contributed by atoms with van der Waals surface area (Å²) in [6.07, 6.45) is 0. The van der Waals surface area contributed by atoms with Crippen LogP contribution >= 0.6 is 34.7 Å². The van der Waals surface area contributed by atoms with Gasteiger partial charge in [0, 0.05) is 28.2 Å². The molecule has 33 heavy (non-hydrogen) atoms. The van der Waals surface area contributed by atoms with Crippen LogP contribution in [0.2, 0.25) is 5.02 Å². The lowest BCUT2D eigenvalue weighted by Gasteiger charge is -2.10. The molecule has 7 nitrogen and oxygen atoms in total. The van der Waals surface area contributed by atoms with Gasteiger partial charge in [0.15, 0.2) is 16.1 Å². The SMILES string of the molecule is CCn1c(CNc2nc(-c3ccccc3)cs2)nnc1SCC(=O)Nc1cccc(Cl)c1C. The van der Waals surface area contributed by atoms with Gasteiger partial charge in [0.1, 0.15) is 0 Å². The van der Waals surface area contributed by atoms with E-state index in [1.54, 1.807) is 17.4 Å². The molecule has 0 radical (unpaired) electrons. The zero-order valence-electron chi connectivity index (χ0n) is 18.2. The molecule has 0 aliphatic carbocycles. The maximum absolute atomic E-state index is 12.4. The van der Waals surface area contributed by atoms with Gasteiger partial charge < -0.3 is 15.2 Å². The highest BCUT2D eigenvalue weighted by Crippen LogP contribution is 2.26. The van der Waals surface area contributed by atoms with Crippen LogP contribution in [0.25, 0.3) is 11.3 Å². The number of rotatable bonds is 9. The number of thiazole rings is 1. The molecular formula is C23H23ClN6OS2. The fourth-order valence-corrected chi connectivity index (χ4v) is 4.90. The Kier molecular flexibility index (Phi) is 7.64. The van der Waals surface area contributed by atoms with E-state index in [0.29, 0.717) is 29.0 Å². The van der Waals surface area contributed by atoms with Crippen LogP contribution in [0, 0.1) is 6.92 Å². The first kappa shape index (κ1) is 23.3. The molecule has 0 aliphatic rings. The molecule has 10 heteroatoms. The van der Waals surface area contributed by atoms with Gasteiger partial charge in [-0.15, -0.1) is 21.5 Å². The first-order valence-corrected chi connectivity index (χ1v) is 12.6. The van der Waals surface area contributed by atoms with E-state index in [9.17, 15) is 4.79 Å². The first-order chi connectivity index (χ1) is 16.0. The van der Waals surface area contributed by atoms with Crippen molar-refractivity contribution < 1.29 is 4.79 Å². The quantitative estimate of drug-likeness (QED) is 0.287. The summed E-state index contributed by atoms with van der Waals surface area (Å²) in [7, 11) is 0. The Morgan fingerprint density at radius 1 is 1.15 bits per heavy atom. The van der Waals surface area contributed by atoms with Crippen LogP contribution in [0.15, 0.2) is 59.1 Å². The van der Waals surface area contributed by atoms with Crippen LogP contribution in [0.4, 0.5) is 10.8 Å². The standard InChI is InChI=1S/C23H23ClN6OS2/c1-3-30-20(12-25-22-27-19(13-32-22)16-8-5-4-6-9-16)28-29-23(30)33-14-21(31)26-18-11-7-10-17(24)15(18)2/h4-11,13H,3,12,14H2,1-2H3,(H,25,27)(H,26,31). The van der Waals surface area contributed by atoms with Crippen LogP contribution in [0.3, 0.4) is 0 Å². The van der Waals surface area contributed by atoms with Crippen molar-refractivity contribution >= 4 is 51.4 Å². The number of nitrogens with zero attached hydrogens (tertiary/aromatic N) is 4. The van der Waals surface area contributed by atoms with E-state index in [-0.39, 0.29) is 11.7 Å². The maximum Gasteiger partial charge on any atom is 0.234 e. The number of carbonyl (C=O) groups is 1. The Balaban J connectivity index is 1.35. The second-order valence-electron chi connectivity index (χ2n) is 7.15. The molecule has 4 aromatic rings. The van der Waals surface area contributed by atoms with E-state index in [2.05, 4.69) is 25.8 Å².